The minimum absolute atomic E-state index is 0.0156. The van der Waals surface area contributed by atoms with Gasteiger partial charge in [0.1, 0.15) is 0 Å². The molecule has 2 atom stereocenters. The van der Waals surface area contributed by atoms with E-state index < -0.39 is 9.84 Å². The van der Waals surface area contributed by atoms with Crippen molar-refractivity contribution in [2.45, 2.75) is 38.0 Å². The van der Waals surface area contributed by atoms with Gasteiger partial charge in [-0.15, -0.1) is 0 Å². The van der Waals surface area contributed by atoms with Gasteiger partial charge in [-0.2, -0.15) is 0 Å². The van der Waals surface area contributed by atoms with E-state index in [0.717, 1.165) is 16.9 Å². The molecule has 8 heteroatoms. The highest BCUT2D eigenvalue weighted by Crippen LogP contribution is 2.35. The largest absolute Gasteiger partial charge is 0.335 e. The number of nitrogens with one attached hydrogen (secondary N) is 2. The predicted octanol–water partition coefficient (Wildman–Crippen LogP) is 4.05. The average molecular weight is 444 g/mol. The fourth-order valence-electron chi connectivity index (χ4n) is 3.58. The Bertz CT molecular complexity index is 1110. The van der Waals surface area contributed by atoms with Gasteiger partial charge < -0.3 is 10.6 Å². The van der Waals surface area contributed by atoms with E-state index in [2.05, 4.69) is 29.5 Å². The Hall–Kier alpha value is -2.32. The molecule has 0 spiro atoms. The average Bonchev–Trinajstić information content (AvgIpc) is 3.16. The van der Waals surface area contributed by atoms with Gasteiger partial charge in [-0.1, -0.05) is 43.8 Å². The number of carbonyl (C=O) groups excluding carboxylic acids is 1. The second-order valence-electron chi connectivity index (χ2n) is 8.12. The van der Waals surface area contributed by atoms with Crippen LogP contribution in [0.25, 0.3) is 0 Å². The maximum atomic E-state index is 12.7. The van der Waals surface area contributed by atoms with Crippen molar-refractivity contribution in [3.05, 3.63) is 59.2 Å². The first-order valence-electron chi connectivity index (χ1n) is 9.94. The zero-order valence-electron chi connectivity index (χ0n) is 17.2. The van der Waals surface area contributed by atoms with Gasteiger partial charge in [-0.25, -0.2) is 8.42 Å². The molecule has 0 radical (unpaired) electrons. The number of hydrogen-bond acceptors (Lipinski definition) is 6. The minimum atomic E-state index is -2.97. The number of amidine groups is 1. The van der Waals surface area contributed by atoms with Crippen molar-refractivity contribution in [2.24, 2.45) is 4.99 Å². The molecule has 1 amide bonds. The Labute approximate surface area is 181 Å². The molecule has 2 aromatic rings. The number of amides is 1. The van der Waals surface area contributed by atoms with E-state index in [1.165, 1.54) is 17.3 Å². The Morgan fingerprint density at radius 2 is 1.87 bits per heavy atom. The van der Waals surface area contributed by atoms with Crippen molar-refractivity contribution < 1.29 is 13.2 Å². The molecule has 0 bridgehead atoms. The highest BCUT2D eigenvalue weighted by molar-refractivity contribution is 8.15. The molecule has 0 aliphatic carbocycles. The van der Waals surface area contributed by atoms with Gasteiger partial charge in [-0.3, -0.25) is 9.79 Å². The smallest absolute Gasteiger partial charge is 0.255 e. The van der Waals surface area contributed by atoms with E-state index in [9.17, 15) is 13.2 Å². The van der Waals surface area contributed by atoms with Gasteiger partial charge in [0.05, 0.1) is 17.5 Å². The van der Waals surface area contributed by atoms with Crippen molar-refractivity contribution in [2.75, 3.05) is 22.1 Å². The van der Waals surface area contributed by atoms with Gasteiger partial charge >= 0.3 is 0 Å². The molecule has 0 unspecified atom stereocenters. The highest BCUT2D eigenvalue weighted by Gasteiger charge is 2.42. The summed E-state index contributed by atoms with van der Waals surface area (Å²) < 4.78 is 23.5. The first-order valence-corrected chi connectivity index (χ1v) is 12.6. The molecular formula is C22H25N3O3S2. The molecular weight excluding hydrogens is 418 g/mol. The number of fused-ring (bicyclic) bond motifs is 1. The van der Waals surface area contributed by atoms with Crippen LogP contribution in [-0.2, 0) is 9.84 Å². The Balaban J connectivity index is 1.46. The van der Waals surface area contributed by atoms with Crippen LogP contribution in [0.1, 0.15) is 41.3 Å². The lowest BCUT2D eigenvalue weighted by atomic mass is 10.0. The van der Waals surface area contributed by atoms with Gasteiger partial charge in [0, 0.05) is 22.2 Å². The van der Waals surface area contributed by atoms with E-state index in [1.807, 2.05) is 37.3 Å². The number of aliphatic imine (C=N–C) groups is 1. The molecule has 2 N–H and O–H groups in total. The third kappa shape index (κ3) is 4.54. The van der Waals surface area contributed by atoms with E-state index in [1.54, 1.807) is 12.1 Å². The lowest BCUT2D eigenvalue weighted by molar-refractivity contribution is 0.102. The third-order valence-corrected chi connectivity index (χ3v) is 8.54. The van der Waals surface area contributed by atoms with Crippen molar-refractivity contribution >= 4 is 44.0 Å². The molecule has 0 saturated carbocycles. The molecule has 30 heavy (non-hydrogen) atoms. The van der Waals surface area contributed by atoms with Crippen LogP contribution in [0, 0.1) is 6.92 Å². The van der Waals surface area contributed by atoms with Crippen molar-refractivity contribution in [3.8, 4) is 0 Å². The van der Waals surface area contributed by atoms with Gasteiger partial charge in [0.15, 0.2) is 15.0 Å². The van der Waals surface area contributed by atoms with Crippen LogP contribution in [0.5, 0.6) is 0 Å². The molecule has 1 saturated heterocycles. The number of anilines is 2. The summed E-state index contributed by atoms with van der Waals surface area (Å²) in [5.74, 6) is 0.553. The summed E-state index contributed by atoms with van der Waals surface area (Å²) in [5.41, 5.74) is 4.31. The Kier molecular flexibility index (Phi) is 5.63. The molecule has 2 aliphatic heterocycles. The second kappa shape index (κ2) is 8.07. The van der Waals surface area contributed by atoms with Crippen LogP contribution in [0.15, 0.2) is 47.5 Å². The fourth-order valence-corrected chi connectivity index (χ4v) is 7.25. The first kappa shape index (κ1) is 20.9. The van der Waals surface area contributed by atoms with Gasteiger partial charge in [-0.05, 0) is 48.2 Å². The zero-order chi connectivity index (χ0) is 21.5. The van der Waals surface area contributed by atoms with E-state index in [-0.39, 0.29) is 28.7 Å². The van der Waals surface area contributed by atoms with E-state index >= 15 is 0 Å². The van der Waals surface area contributed by atoms with Gasteiger partial charge in [0.25, 0.3) is 5.91 Å². The third-order valence-electron chi connectivity index (χ3n) is 5.39. The molecule has 6 nitrogen and oxygen atoms in total. The number of carbonyl (C=O) groups is 1. The summed E-state index contributed by atoms with van der Waals surface area (Å²) in [7, 11) is -2.97. The van der Waals surface area contributed by atoms with Crippen molar-refractivity contribution in [1.29, 1.82) is 0 Å². The molecule has 2 heterocycles. The maximum Gasteiger partial charge on any atom is 0.255 e. The predicted molar refractivity (Wildman–Crippen MR) is 125 cm³/mol. The normalized spacial score (nSPS) is 21.9. The fraction of sp³-hybridized carbons (Fsp3) is 0.364. The summed E-state index contributed by atoms with van der Waals surface area (Å²) in [5, 5.41) is 6.92. The summed E-state index contributed by atoms with van der Waals surface area (Å²) in [6.45, 7) is 6.22. The molecule has 4 rings (SSSR count). The number of aryl methyl sites for hydroxylation is 1. The molecule has 1 fully saturated rings. The van der Waals surface area contributed by atoms with Crippen LogP contribution < -0.4 is 10.6 Å². The van der Waals surface area contributed by atoms with Crippen LogP contribution in [-0.4, -0.2) is 42.3 Å². The number of thioether (sulfide) groups is 1. The van der Waals surface area contributed by atoms with Crippen LogP contribution in [0.3, 0.4) is 0 Å². The Morgan fingerprint density at radius 1 is 1.13 bits per heavy atom. The maximum absolute atomic E-state index is 12.7. The number of hydrogen-bond donors (Lipinski definition) is 2. The van der Waals surface area contributed by atoms with Crippen molar-refractivity contribution in [1.82, 2.24) is 0 Å². The minimum Gasteiger partial charge on any atom is -0.335 e. The van der Waals surface area contributed by atoms with E-state index in [4.69, 9.17) is 0 Å². The monoisotopic (exact) mass is 443 g/mol. The first-order chi connectivity index (χ1) is 14.2. The zero-order valence-corrected chi connectivity index (χ0v) is 18.8. The van der Waals surface area contributed by atoms with E-state index in [0.29, 0.717) is 16.6 Å². The van der Waals surface area contributed by atoms with Gasteiger partial charge in [0.2, 0.25) is 0 Å². The SMILES string of the molecule is Cc1ccc(C(=O)Nc2ccc(C(C)C)cc2)cc1NC1=N[C@H]2CS(=O)(=O)C[C@@H]2S1. The summed E-state index contributed by atoms with van der Waals surface area (Å²) in [6, 6.07) is 13.2. The van der Waals surface area contributed by atoms with Crippen LogP contribution in [0.2, 0.25) is 0 Å². The number of sulfone groups is 1. The molecule has 2 aromatic carbocycles. The standard InChI is InChI=1S/C22H25N3O3S2/c1-13(2)15-6-8-17(9-7-15)23-21(26)16-5-4-14(3)18(10-16)24-22-25-19-11-30(27,28)12-20(19)29-22/h4-10,13,19-20H,11-12H2,1-3H3,(H,23,26)(H,24,25)/t19-,20-/m0/s1. The quantitative estimate of drug-likeness (QED) is 0.744. The number of nitrogens with zero attached hydrogens (tertiary/aromatic N) is 1. The van der Waals surface area contributed by atoms with Crippen LogP contribution >= 0.6 is 11.8 Å². The topological polar surface area (TPSA) is 87.6 Å². The summed E-state index contributed by atoms with van der Waals surface area (Å²) in [4.78, 5) is 17.3. The number of rotatable bonds is 4. The summed E-state index contributed by atoms with van der Waals surface area (Å²) >= 11 is 1.47. The second-order valence-corrected chi connectivity index (χ2v) is 11.5. The lowest BCUT2D eigenvalue weighted by Crippen LogP contribution is -2.14. The molecule has 0 aromatic heterocycles. The lowest BCUT2D eigenvalue weighted by Gasteiger charge is -2.12. The molecule has 2 aliphatic rings. The molecule has 158 valence electrons. The highest BCUT2D eigenvalue weighted by atomic mass is 32.2. The van der Waals surface area contributed by atoms with Crippen LogP contribution in [0.4, 0.5) is 11.4 Å². The number of benzene rings is 2. The summed E-state index contributed by atoms with van der Waals surface area (Å²) in [6.07, 6.45) is 0. The Morgan fingerprint density at radius 3 is 2.53 bits per heavy atom. The van der Waals surface area contributed by atoms with Crippen molar-refractivity contribution in [3.63, 3.8) is 0 Å².